The molecule has 0 atom stereocenters. The van der Waals surface area contributed by atoms with E-state index in [1.807, 2.05) is 6.92 Å². The molecule has 0 saturated heterocycles. The first-order valence-electron chi connectivity index (χ1n) is 1.68. The summed E-state index contributed by atoms with van der Waals surface area (Å²) in [5.41, 5.74) is 0. The summed E-state index contributed by atoms with van der Waals surface area (Å²) in [4.78, 5) is 0. The summed E-state index contributed by atoms with van der Waals surface area (Å²) in [5.74, 6) is 0. The van der Waals surface area contributed by atoms with Crippen LogP contribution in [-0.4, -0.2) is 47.1 Å². The van der Waals surface area contributed by atoms with Crippen LogP contribution in [0.25, 0.3) is 0 Å². The minimum atomic E-state index is -4.67. The molecular formula is C3H9NaO4S. The standard InChI is InChI=1S/C3H6.Na.H2O4S.H/c1-3-2;;1-5(2,3)4;/h3H,1H2,2H3;;(H2,1,2,3,4);. The molecule has 0 aliphatic heterocycles. The van der Waals surface area contributed by atoms with Gasteiger partial charge in [0.05, 0.1) is 0 Å². The normalized spacial score (nSPS) is 7.89. The van der Waals surface area contributed by atoms with E-state index in [2.05, 4.69) is 6.58 Å². The third-order valence-corrected chi connectivity index (χ3v) is 0. The SMILES string of the molecule is C=CC.O=S(=O)(O)O.[NaH]. The second-order valence-corrected chi connectivity index (χ2v) is 1.75. The molecule has 0 aromatic rings. The Balaban J connectivity index is -0.0000000800. The monoisotopic (exact) mass is 164 g/mol. The quantitative estimate of drug-likeness (QED) is 0.297. The van der Waals surface area contributed by atoms with Gasteiger partial charge in [0.25, 0.3) is 0 Å². The summed E-state index contributed by atoms with van der Waals surface area (Å²) < 4.78 is 31.6. The fourth-order valence-electron chi connectivity index (χ4n) is 0. The van der Waals surface area contributed by atoms with Crippen LogP contribution < -0.4 is 0 Å². The van der Waals surface area contributed by atoms with Crippen molar-refractivity contribution >= 4 is 40.0 Å². The van der Waals surface area contributed by atoms with Gasteiger partial charge < -0.3 is 0 Å². The molecule has 0 unspecified atom stereocenters. The topological polar surface area (TPSA) is 74.6 Å². The van der Waals surface area contributed by atoms with Crippen LogP contribution in [-0.2, 0) is 10.4 Å². The van der Waals surface area contributed by atoms with Crippen LogP contribution in [0.15, 0.2) is 12.7 Å². The summed E-state index contributed by atoms with van der Waals surface area (Å²) in [6.07, 6.45) is 1.75. The first-order valence-corrected chi connectivity index (χ1v) is 3.08. The molecule has 2 N–H and O–H groups in total. The molecule has 0 aromatic heterocycles. The van der Waals surface area contributed by atoms with E-state index in [9.17, 15) is 0 Å². The molecule has 0 aliphatic rings. The summed E-state index contributed by atoms with van der Waals surface area (Å²) in [6.45, 7) is 5.25. The molecule has 0 aliphatic carbocycles. The molecule has 0 amide bonds. The van der Waals surface area contributed by atoms with Gasteiger partial charge in [-0.15, -0.1) is 6.58 Å². The van der Waals surface area contributed by atoms with E-state index in [1.54, 1.807) is 6.08 Å². The first-order chi connectivity index (χ1) is 3.41. The third-order valence-electron chi connectivity index (χ3n) is 0. The van der Waals surface area contributed by atoms with Crippen LogP contribution in [0, 0.1) is 0 Å². The van der Waals surface area contributed by atoms with Gasteiger partial charge in [-0.1, -0.05) is 6.08 Å². The van der Waals surface area contributed by atoms with Crippen LogP contribution in [0.1, 0.15) is 6.92 Å². The molecular weight excluding hydrogens is 155 g/mol. The van der Waals surface area contributed by atoms with Crippen LogP contribution in [0.4, 0.5) is 0 Å². The van der Waals surface area contributed by atoms with Gasteiger partial charge in [0.15, 0.2) is 0 Å². The van der Waals surface area contributed by atoms with Crippen molar-refractivity contribution in [3.05, 3.63) is 12.7 Å². The maximum absolute atomic E-state index is 8.74. The summed E-state index contributed by atoms with van der Waals surface area (Å²) in [6, 6.07) is 0. The molecule has 0 heterocycles. The summed E-state index contributed by atoms with van der Waals surface area (Å²) in [5, 5.41) is 0. The van der Waals surface area contributed by atoms with E-state index in [-0.39, 0.29) is 29.6 Å². The molecule has 52 valence electrons. The molecule has 0 radical (unpaired) electrons. The number of allylic oxidation sites excluding steroid dienone is 1. The molecule has 9 heavy (non-hydrogen) atoms. The Morgan fingerprint density at radius 2 is 1.44 bits per heavy atom. The van der Waals surface area contributed by atoms with Crippen molar-refractivity contribution in [2.24, 2.45) is 0 Å². The Kier molecular flexibility index (Phi) is 15.6. The van der Waals surface area contributed by atoms with Crippen LogP contribution in [0.5, 0.6) is 0 Å². The second-order valence-electron chi connectivity index (χ2n) is 0.856. The van der Waals surface area contributed by atoms with Crippen molar-refractivity contribution in [3.8, 4) is 0 Å². The van der Waals surface area contributed by atoms with Gasteiger partial charge >= 0.3 is 40.0 Å². The van der Waals surface area contributed by atoms with Crippen molar-refractivity contribution in [2.75, 3.05) is 0 Å². The van der Waals surface area contributed by atoms with E-state index in [1.165, 1.54) is 0 Å². The summed E-state index contributed by atoms with van der Waals surface area (Å²) >= 11 is 0. The van der Waals surface area contributed by atoms with Crippen LogP contribution in [0.2, 0.25) is 0 Å². The number of hydrogen-bond donors (Lipinski definition) is 2. The zero-order valence-corrected chi connectivity index (χ0v) is 5.22. The van der Waals surface area contributed by atoms with E-state index in [0.717, 1.165) is 0 Å². The Bertz CT molecular complexity index is 130. The summed E-state index contributed by atoms with van der Waals surface area (Å²) in [7, 11) is -4.67. The van der Waals surface area contributed by atoms with Gasteiger partial charge in [0.2, 0.25) is 0 Å². The Morgan fingerprint density at radius 1 is 1.44 bits per heavy atom. The van der Waals surface area contributed by atoms with Crippen molar-refractivity contribution in [3.63, 3.8) is 0 Å². The van der Waals surface area contributed by atoms with E-state index >= 15 is 0 Å². The predicted octanol–water partition coefficient (Wildman–Crippen LogP) is -0.109. The molecule has 0 rings (SSSR count). The van der Waals surface area contributed by atoms with E-state index < -0.39 is 10.4 Å². The Morgan fingerprint density at radius 3 is 1.44 bits per heavy atom. The zero-order chi connectivity index (χ0) is 7.21. The molecule has 0 saturated carbocycles. The molecule has 0 spiro atoms. The van der Waals surface area contributed by atoms with Gasteiger partial charge in [-0.05, 0) is 6.92 Å². The Labute approximate surface area is 76.8 Å². The van der Waals surface area contributed by atoms with Crippen molar-refractivity contribution < 1.29 is 17.5 Å². The van der Waals surface area contributed by atoms with Gasteiger partial charge in [-0.25, -0.2) is 0 Å². The molecule has 6 heteroatoms. The molecule has 0 aromatic carbocycles. The minimum absolute atomic E-state index is 0. The fraction of sp³-hybridized carbons (Fsp3) is 0.333. The number of hydrogen-bond acceptors (Lipinski definition) is 2. The fourth-order valence-corrected chi connectivity index (χ4v) is 0. The van der Waals surface area contributed by atoms with E-state index in [0.29, 0.717) is 0 Å². The van der Waals surface area contributed by atoms with Crippen LogP contribution >= 0.6 is 0 Å². The van der Waals surface area contributed by atoms with Crippen molar-refractivity contribution in [2.45, 2.75) is 6.92 Å². The average Bonchev–Trinajstić information content (AvgIpc) is 1.27. The van der Waals surface area contributed by atoms with Gasteiger partial charge in [0.1, 0.15) is 0 Å². The molecule has 0 fully saturated rings. The zero-order valence-electron chi connectivity index (χ0n) is 4.40. The Hall–Kier alpha value is 0.610. The average molecular weight is 164 g/mol. The van der Waals surface area contributed by atoms with Crippen molar-refractivity contribution in [1.29, 1.82) is 0 Å². The van der Waals surface area contributed by atoms with E-state index in [4.69, 9.17) is 17.5 Å². The second kappa shape index (κ2) is 8.61. The van der Waals surface area contributed by atoms with Crippen LogP contribution in [0.3, 0.4) is 0 Å². The maximum atomic E-state index is 8.74. The molecule has 0 bridgehead atoms. The van der Waals surface area contributed by atoms with Gasteiger partial charge in [-0.2, -0.15) is 8.42 Å². The van der Waals surface area contributed by atoms with Crippen molar-refractivity contribution in [1.82, 2.24) is 0 Å². The predicted molar refractivity (Wildman–Crippen MR) is 37.2 cm³/mol. The molecule has 4 nitrogen and oxygen atoms in total. The van der Waals surface area contributed by atoms with Gasteiger partial charge in [0, 0.05) is 0 Å². The number of rotatable bonds is 0. The third kappa shape index (κ3) is 1010. The van der Waals surface area contributed by atoms with Gasteiger partial charge in [-0.3, -0.25) is 9.11 Å². The first kappa shape index (κ1) is 16.3.